The number of hydrogen-bond donors (Lipinski definition) is 3. The predicted molar refractivity (Wildman–Crippen MR) is 53.3 cm³/mol. The first-order valence-corrected chi connectivity index (χ1v) is 4.39. The molecule has 0 aliphatic carbocycles. The number of thiazole rings is 1. The van der Waals surface area contributed by atoms with Crippen molar-refractivity contribution < 1.29 is 0 Å². The van der Waals surface area contributed by atoms with Crippen molar-refractivity contribution in [1.82, 2.24) is 4.98 Å². The van der Waals surface area contributed by atoms with Gasteiger partial charge in [-0.2, -0.15) is 4.99 Å². The first kappa shape index (κ1) is 9.46. The minimum Gasteiger partial charge on any atom is -0.370 e. The number of aromatic nitrogens is 1. The van der Waals surface area contributed by atoms with Crippen molar-refractivity contribution in [2.24, 2.45) is 27.2 Å². The molecule has 0 saturated heterocycles. The van der Waals surface area contributed by atoms with Crippen LogP contribution in [0.2, 0.25) is 0 Å². The minimum absolute atomic E-state index is 0.0630. The molecule has 0 amide bonds. The standard InChI is InChI=1S/C6H10N6S/c7-5(8)12-6(9)10-1-4-2-13-3-11-4/h2-3H,1H2,(H6,7,8,9,10,12). The lowest BCUT2D eigenvalue weighted by atomic mass is 10.5. The van der Waals surface area contributed by atoms with Gasteiger partial charge in [-0.15, -0.1) is 11.3 Å². The zero-order chi connectivity index (χ0) is 9.68. The summed E-state index contributed by atoms with van der Waals surface area (Å²) in [4.78, 5) is 11.5. The van der Waals surface area contributed by atoms with Crippen LogP contribution in [-0.4, -0.2) is 16.9 Å². The molecule has 70 valence electrons. The van der Waals surface area contributed by atoms with Crippen molar-refractivity contribution in [2.45, 2.75) is 6.54 Å². The second kappa shape index (κ2) is 4.41. The van der Waals surface area contributed by atoms with Crippen LogP contribution >= 0.6 is 11.3 Å². The molecule has 0 unspecified atom stereocenters. The summed E-state index contributed by atoms with van der Waals surface area (Å²) in [6, 6.07) is 0. The van der Waals surface area contributed by atoms with Crippen molar-refractivity contribution in [3.63, 3.8) is 0 Å². The van der Waals surface area contributed by atoms with Gasteiger partial charge >= 0.3 is 0 Å². The quantitative estimate of drug-likeness (QED) is 0.427. The van der Waals surface area contributed by atoms with Gasteiger partial charge in [0.25, 0.3) is 0 Å². The second-order valence-corrected chi connectivity index (χ2v) is 2.91. The molecule has 1 aromatic rings. The molecule has 0 spiro atoms. The van der Waals surface area contributed by atoms with E-state index in [1.54, 1.807) is 5.51 Å². The highest BCUT2D eigenvalue weighted by molar-refractivity contribution is 7.07. The van der Waals surface area contributed by atoms with E-state index in [0.717, 1.165) is 5.69 Å². The van der Waals surface area contributed by atoms with Crippen LogP contribution in [0.25, 0.3) is 0 Å². The van der Waals surface area contributed by atoms with Crippen LogP contribution in [0, 0.1) is 0 Å². The molecule has 13 heavy (non-hydrogen) atoms. The van der Waals surface area contributed by atoms with E-state index in [2.05, 4.69) is 15.0 Å². The summed E-state index contributed by atoms with van der Waals surface area (Å²) in [5, 5.41) is 1.88. The number of rotatable bonds is 2. The minimum atomic E-state index is -0.0977. The third kappa shape index (κ3) is 3.52. The molecule has 6 nitrogen and oxygen atoms in total. The van der Waals surface area contributed by atoms with E-state index in [0.29, 0.717) is 6.54 Å². The Balaban J connectivity index is 2.53. The van der Waals surface area contributed by atoms with Gasteiger partial charge in [-0.1, -0.05) is 0 Å². The second-order valence-electron chi connectivity index (χ2n) is 2.19. The molecule has 0 fully saturated rings. The Morgan fingerprint density at radius 3 is 2.77 bits per heavy atom. The normalized spacial score (nSPS) is 11.2. The van der Waals surface area contributed by atoms with Gasteiger partial charge in [-0.3, -0.25) is 0 Å². The van der Waals surface area contributed by atoms with E-state index in [4.69, 9.17) is 17.2 Å². The zero-order valence-electron chi connectivity index (χ0n) is 6.84. The van der Waals surface area contributed by atoms with Gasteiger partial charge in [-0.05, 0) is 0 Å². The Morgan fingerprint density at radius 1 is 1.46 bits per heavy atom. The summed E-state index contributed by atoms with van der Waals surface area (Å²) in [5.41, 5.74) is 18.1. The highest BCUT2D eigenvalue weighted by Crippen LogP contribution is 2.01. The summed E-state index contributed by atoms with van der Waals surface area (Å²) in [7, 11) is 0. The van der Waals surface area contributed by atoms with Gasteiger partial charge in [0, 0.05) is 5.38 Å². The van der Waals surface area contributed by atoms with Crippen LogP contribution in [-0.2, 0) is 6.54 Å². The molecule has 7 heteroatoms. The molecule has 0 aliphatic heterocycles. The lowest BCUT2D eigenvalue weighted by Gasteiger charge is -1.92. The van der Waals surface area contributed by atoms with Crippen LogP contribution in [0.15, 0.2) is 20.9 Å². The van der Waals surface area contributed by atoms with Crippen LogP contribution in [0.3, 0.4) is 0 Å². The van der Waals surface area contributed by atoms with Crippen molar-refractivity contribution in [1.29, 1.82) is 0 Å². The summed E-state index contributed by atoms with van der Waals surface area (Å²) in [6.07, 6.45) is 0. The molecule has 0 atom stereocenters. The smallest absolute Gasteiger partial charge is 0.218 e. The molecule has 0 aliphatic rings. The largest absolute Gasteiger partial charge is 0.370 e. The third-order valence-electron chi connectivity index (χ3n) is 1.13. The van der Waals surface area contributed by atoms with Crippen molar-refractivity contribution >= 4 is 23.3 Å². The first-order valence-electron chi connectivity index (χ1n) is 3.45. The number of hydrogen-bond acceptors (Lipinski definition) is 3. The van der Waals surface area contributed by atoms with E-state index < -0.39 is 0 Å². The zero-order valence-corrected chi connectivity index (χ0v) is 7.66. The van der Waals surface area contributed by atoms with Crippen molar-refractivity contribution in [3.8, 4) is 0 Å². The molecule has 0 bridgehead atoms. The molecular formula is C6H10N6S. The van der Waals surface area contributed by atoms with Crippen LogP contribution in [0.4, 0.5) is 0 Å². The van der Waals surface area contributed by atoms with Crippen LogP contribution in [0.1, 0.15) is 5.69 Å². The topological polar surface area (TPSA) is 116 Å². The Bertz CT molecular complexity index is 310. The number of nitrogens with two attached hydrogens (primary N) is 3. The number of nitrogens with zero attached hydrogens (tertiary/aromatic N) is 3. The summed E-state index contributed by atoms with van der Waals surface area (Å²) >= 11 is 1.50. The Labute approximate surface area is 79.2 Å². The van der Waals surface area contributed by atoms with Gasteiger partial charge in [0.2, 0.25) is 5.96 Å². The fourth-order valence-corrected chi connectivity index (χ4v) is 1.19. The Kier molecular flexibility index (Phi) is 3.21. The maximum absolute atomic E-state index is 5.37. The van der Waals surface area contributed by atoms with Crippen molar-refractivity contribution in [2.75, 3.05) is 0 Å². The average Bonchev–Trinajstić information content (AvgIpc) is 2.51. The van der Waals surface area contributed by atoms with Gasteiger partial charge in [0.1, 0.15) is 0 Å². The summed E-state index contributed by atoms with van der Waals surface area (Å²) in [5.74, 6) is -0.0347. The van der Waals surface area contributed by atoms with E-state index in [-0.39, 0.29) is 11.9 Å². The van der Waals surface area contributed by atoms with E-state index in [1.165, 1.54) is 11.3 Å². The number of guanidine groups is 2. The Morgan fingerprint density at radius 2 is 2.23 bits per heavy atom. The lowest BCUT2D eigenvalue weighted by Crippen LogP contribution is -2.26. The summed E-state index contributed by atoms with van der Waals surface area (Å²) < 4.78 is 0. The van der Waals surface area contributed by atoms with Gasteiger partial charge < -0.3 is 17.2 Å². The fraction of sp³-hybridized carbons (Fsp3) is 0.167. The van der Waals surface area contributed by atoms with Gasteiger partial charge in [0.05, 0.1) is 17.7 Å². The highest BCUT2D eigenvalue weighted by atomic mass is 32.1. The molecule has 0 aromatic carbocycles. The SMILES string of the molecule is NC(N)=NC(N)=NCc1cscn1. The van der Waals surface area contributed by atoms with Crippen LogP contribution in [0.5, 0.6) is 0 Å². The summed E-state index contributed by atoms with van der Waals surface area (Å²) in [6.45, 7) is 0.395. The molecule has 0 radical (unpaired) electrons. The Hall–Kier alpha value is -1.63. The van der Waals surface area contributed by atoms with Crippen LogP contribution < -0.4 is 17.2 Å². The van der Waals surface area contributed by atoms with E-state index >= 15 is 0 Å². The fourth-order valence-electron chi connectivity index (χ4n) is 0.645. The molecule has 6 N–H and O–H groups in total. The van der Waals surface area contributed by atoms with E-state index in [1.807, 2.05) is 5.38 Å². The molecule has 0 saturated carbocycles. The molecule has 1 aromatic heterocycles. The molecule has 1 rings (SSSR count). The monoisotopic (exact) mass is 198 g/mol. The molecule has 1 heterocycles. The number of aliphatic imine (C=N–C) groups is 2. The van der Waals surface area contributed by atoms with Gasteiger partial charge in [-0.25, -0.2) is 9.98 Å². The van der Waals surface area contributed by atoms with Crippen molar-refractivity contribution in [3.05, 3.63) is 16.6 Å². The third-order valence-corrected chi connectivity index (χ3v) is 1.77. The predicted octanol–water partition coefficient (Wildman–Crippen LogP) is -0.769. The van der Waals surface area contributed by atoms with E-state index in [9.17, 15) is 0 Å². The highest BCUT2D eigenvalue weighted by Gasteiger charge is 1.93. The average molecular weight is 198 g/mol. The molecular weight excluding hydrogens is 188 g/mol. The first-order chi connectivity index (χ1) is 6.18. The van der Waals surface area contributed by atoms with Gasteiger partial charge in [0.15, 0.2) is 5.96 Å². The maximum Gasteiger partial charge on any atom is 0.218 e. The lowest BCUT2D eigenvalue weighted by molar-refractivity contribution is 1.00. The maximum atomic E-state index is 5.37.